The Morgan fingerprint density at radius 1 is 1.78 bits per heavy atom. The maximum atomic E-state index is 10.1. The van der Waals surface area contributed by atoms with Crippen molar-refractivity contribution in [1.29, 1.82) is 0 Å². The Morgan fingerprint density at radius 2 is 2.22 bits per heavy atom. The fourth-order valence-electron chi connectivity index (χ4n) is 0.194. The number of hydrogen-bond acceptors (Lipinski definition) is 3. The SMILES string of the molecule is CCOC(=[OH+])S(=O)(=O)Cl. The number of halogens is 1. The van der Waals surface area contributed by atoms with Gasteiger partial charge < -0.3 is 9.53 Å². The molecule has 6 heteroatoms. The van der Waals surface area contributed by atoms with Gasteiger partial charge in [-0.1, -0.05) is 0 Å². The van der Waals surface area contributed by atoms with Crippen LogP contribution < -0.4 is 0 Å². The van der Waals surface area contributed by atoms with Crippen molar-refractivity contribution in [2.75, 3.05) is 6.61 Å². The normalized spacial score (nSPS) is 10.9. The maximum absolute atomic E-state index is 10.1. The van der Waals surface area contributed by atoms with E-state index in [0.29, 0.717) is 0 Å². The second kappa shape index (κ2) is 3.03. The van der Waals surface area contributed by atoms with Crippen LogP contribution in [0.3, 0.4) is 0 Å². The minimum absolute atomic E-state index is 0.0672. The Balaban J connectivity index is 4.08. The Hall–Kier alpha value is -0.290. The van der Waals surface area contributed by atoms with Crippen LogP contribution in [-0.2, 0) is 13.8 Å². The summed E-state index contributed by atoms with van der Waals surface area (Å²) in [5.41, 5.74) is 0. The largest absolute Gasteiger partial charge is 0.624 e. The molecule has 0 aliphatic carbocycles. The molecule has 9 heavy (non-hydrogen) atoms. The molecule has 0 saturated heterocycles. The van der Waals surface area contributed by atoms with Crippen LogP contribution in [0.4, 0.5) is 0 Å². The molecular weight excluding hydrogens is 168 g/mol. The molecule has 0 bridgehead atoms. The highest BCUT2D eigenvalue weighted by Gasteiger charge is 2.28. The summed E-state index contributed by atoms with van der Waals surface area (Å²) in [6.45, 7) is 1.59. The van der Waals surface area contributed by atoms with Gasteiger partial charge in [0.15, 0.2) is 6.61 Å². The minimum Gasteiger partial charge on any atom is -0.325 e. The predicted octanol–water partition coefficient (Wildman–Crippen LogP) is 0.0514. The Kier molecular flexibility index (Phi) is 2.93. The van der Waals surface area contributed by atoms with Crippen molar-refractivity contribution in [2.24, 2.45) is 0 Å². The van der Waals surface area contributed by atoms with Gasteiger partial charge in [-0.2, -0.15) is 8.42 Å². The maximum Gasteiger partial charge on any atom is 0.624 e. The standard InChI is InChI=1S/C3H5ClO4S/c1-2-8-3(5)9(4,6)7/h2H2,1H3/p+1. The van der Waals surface area contributed by atoms with Gasteiger partial charge in [-0.05, 0) is 6.92 Å². The van der Waals surface area contributed by atoms with Crippen molar-refractivity contribution in [3.8, 4) is 0 Å². The summed E-state index contributed by atoms with van der Waals surface area (Å²) in [5.74, 6) is 0. The fraction of sp³-hybridized carbons (Fsp3) is 0.667. The third-order valence-corrected chi connectivity index (χ3v) is 1.41. The first kappa shape index (κ1) is 8.71. The van der Waals surface area contributed by atoms with E-state index in [1.165, 1.54) is 6.92 Å². The van der Waals surface area contributed by atoms with Crippen LogP contribution in [-0.4, -0.2) is 25.1 Å². The molecule has 0 radical (unpaired) electrons. The number of hydrogen-bond donors (Lipinski definition) is 0. The monoisotopic (exact) mass is 173 g/mol. The van der Waals surface area contributed by atoms with E-state index in [9.17, 15) is 8.42 Å². The molecule has 0 aromatic rings. The molecule has 1 N–H and O–H groups in total. The summed E-state index contributed by atoms with van der Waals surface area (Å²) in [7, 11) is 0.580. The molecule has 4 nitrogen and oxygen atoms in total. The molecule has 0 aromatic carbocycles. The van der Waals surface area contributed by atoms with Crippen LogP contribution >= 0.6 is 10.7 Å². The third kappa shape index (κ3) is 3.31. The van der Waals surface area contributed by atoms with Crippen molar-refractivity contribution in [1.82, 2.24) is 0 Å². The third-order valence-electron chi connectivity index (χ3n) is 0.476. The van der Waals surface area contributed by atoms with Gasteiger partial charge in [-0.15, -0.1) is 0 Å². The Bertz CT molecular complexity index is 194. The lowest BCUT2D eigenvalue weighted by molar-refractivity contribution is 0.302. The second-order valence-corrected chi connectivity index (χ2v) is 3.58. The quantitative estimate of drug-likeness (QED) is 0.320. The predicted molar refractivity (Wildman–Crippen MR) is 33.3 cm³/mol. The van der Waals surface area contributed by atoms with E-state index in [2.05, 4.69) is 15.4 Å². The van der Waals surface area contributed by atoms with Crippen molar-refractivity contribution in [3.05, 3.63) is 0 Å². The van der Waals surface area contributed by atoms with E-state index in [-0.39, 0.29) is 6.61 Å². The van der Waals surface area contributed by atoms with Crippen LogP contribution in [0.15, 0.2) is 0 Å². The first-order valence-electron chi connectivity index (χ1n) is 2.12. The highest BCUT2D eigenvalue weighted by molar-refractivity contribution is 8.25. The van der Waals surface area contributed by atoms with Crippen LogP contribution in [0.2, 0.25) is 0 Å². The molecule has 0 heterocycles. The summed E-state index contributed by atoms with van der Waals surface area (Å²) < 4.78 is 24.3. The molecule has 0 aromatic heterocycles. The zero-order valence-electron chi connectivity index (χ0n) is 4.67. The van der Waals surface area contributed by atoms with Crippen molar-refractivity contribution < 1.29 is 17.9 Å². The summed E-state index contributed by atoms with van der Waals surface area (Å²) >= 11 is 0. The molecule has 0 aliphatic heterocycles. The topological polar surface area (TPSA) is 64.8 Å². The van der Waals surface area contributed by atoms with Crippen molar-refractivity contribution in [3.63, 3.8) is 0 Å². The number of rotatable bonds is 1. The first-order valence-corrected chi connectivity index (χ1v) is 4.42. The van der Waals surface area contributed by atoms with Crippen LogP contribution in [0.5, 0.6) is 0 Å². The van der Waals surface area contributed by atoms with E-state index in [1.807, 2.05) is 0 Å². The van der Waals surface area contributed by atoms with Crippen LogP contribution in [0.1, 0.15) is 6.92 Å². The zero-order chi connectivity index (χ0) is 7.49. The lowest BCUT2D eigenvalue weighted by Crippen LogP contribution is -2.12. The summed E-state index contributed by atoms with van der Waals surface area (Å²) in [6.07, 6.45) is 0. The molecule has 0 fully saturated rings. The molecule has 0 saturated carbocycles. The van der Waals surface area contributed by atoms with E-state index >= 15 is 0 Å². The van der Waals surface area contributed by atoms with Gasteiger partial charge >= 0.3 is 14.4 Å². The van der Waals surface area contributed by atoms with Gasteiger partial charge in [0.1, 0.15) is 0 Å². The van der Waals surface area contributed by atoms with Gasteiger partial charge in [-0.25, -0.2) is 0 Å². The zero-order valence-corrected chi connectivity index (χ0v) is 6.24. The molecule has 0 atom stereocenters. The van der Waals surface area contributed by atoms with Gasteiger partial charge in [0.25, 0.3) is 0 Å². The second-order valence-electron chi connectivity index (χ2n) is 1.14. The van der Waals surface area contributed by atoms with Gasteiger partial charge in [-0.3, -0.25) is 0 Å². The summed E-state index contributed by atoms with van der Waals surface area (Å²) in [5, 5.41) is -1.15. The number of carbonyl (C=O) groups excluding carboxylic acids is 1. The molecule has 0 rings (SSSR count). The molecule has 0 amide bonds. The molecule has 0 spiro atoms. The highest BCUT2D eigenvalue weighted by Crippen LogP contribution is 1.97. The number of ether oxygens (including phenoxy) is 1. The van der Waals surface area contributed by atoms with E-state index in [0.717, 1.165) is 0 Å². The van der Waals surface area contributed by atoms with E-state index in [1.54, 1.807) is 0 Å². The minimum atomic E-state index is -4.04. The summed E-state index contributed by atoms with van der Waals surface area (Å²) in [6, 6.07) is 0. The first-order chi connectivity index (χ1) is 3.98. The Morgan fingerprint density at radius 3 is 2.33 bits per heavy atom. The molecular formula is C3H6ClO4S+. The van der Waals surface area contributed by atoms with Gasteiger partial charge in [0, 0.05) is 10.7 Å². The fourth-order valence-corrected chi connectivity index (χ4v) is 0.586. The average Bonchev–Trinajstić information content (AvgIpc) is 1.64. The lowest BCUT2D eigenvalue weighted by atomic mass is 10.9. The molecule has 0 aliphatic rings. The van der Waals surface area contributed by atoms with E-state index < -0.39 is 14.4 Å². The smallest absolute Gasteiger partial charge is 0.325 e. The summed E-state index contributed by atoms with van der Waals surface area (Å²) in [4.78, 5) is 8.36. The molecule has 0 unspecified atom stereocenters. The van der Waals surface area contributed by atoms with Crippen molar-refractivity contribution >= 4 is 25.0 Å². The van der Waals surface area contributed by atoms with Crippen LogP contribution in [0, 0.1) is 0 Å². The molecule has 54 valence electrons. The average molecular weight is 174 g/mol. The van der Waals surface area contributed by atoms with E-state index in [4.69, 9.17) is 4.79 Å². The van der Waals surface area contributed by atoms with Crippen molar-refractivity contribution in [2.45, 2.75) is 6.92 Å². The highest BCUT2D eigenvalue weighted by atomic mass is 35.7. The van der Waals surface area contributed by atoms with Gasteiger partial charge in [0.05, 0.1) is 0 Å². The lowest BCUT2D eigenvalue weighted by Gasteiger charge is -1.83. The van der Waals surface area contributed by atoms with Crippen LogP contribution in [0.25, 0.3) is 0 Å². The van der Waals surface area contributed by atoms with Gasteiger partial charge in [0.2, 0.25) is 0 Å². The Labute approximate surface area is 57.2 Å².